The minimum atomic E-state index is 0.787. The SMILES string of the molecule is C1=Cc2c(c3ccccc3n2-c2cccc(-c3cc(-c4ccc5ccc6cccc7ccc4c5c67)cc(-c4ccccn4)n3)n2)CN1. The second-order valence-corrected chi connectivity index (χ2v) is 12.1. The number of hydrogen-bond donors (Lipinski definition) is 1. The van der Waals surface area contributed by atoms with Gasteiger partial charge >= 0.3 is 0 Å². The fourth-order valence-corrected chi connectivity index (χ4v) is 7.37. The lowest BCUT2D eigenvalue weighted by atomic mass is 9.89. The molecule has 0 amide bonds. The Kier molecular flexibility index (Phi) is 5.57. The molecule has 4 aromatic heterocycles. The topological polar surface area (TPSA) is 55.6 Å². The molecule has 5 aromatic carbocycles. The highest BCUT2D eigenvalue weighted by atomic mass is 15.1. The van der Waals surface area contributed by atoms with Crippen LogP contribution in [0.4, 0.5) is 0 Å². The first-order valence-electron chi connectivity index (χ1n) is 15.9. The standard InChI is InChI=1S/C42H27N5/c1-2-12-38-31(9-1)33-25-43-22-20-39(33)47(38)40-13-6-11-35(46-40)37-24-29(23-36(45-37)34-10-3-4-21-44-34)30-18-16-28-15-14-26-7-5-8-27-17-19-32(30)42(28)41(26)27/h1-24,43H,25H2. The molecule has 0 spiro atoms. The average molecular weight is 602 g/mol. The molecule has 5 nitrogen and oxygen atoms in total. The Labute approximate surface area is 270 Å². The third-order valence-electron chi connectivity index (χ3n) is 9.48. The molecule has 0 radical (unpaired) electrons. The van der Waals surface area contributed by atoms with Crippen molar-refractivity contribution in [1.82, 2.24) is 24.8 Å². The summed E-state index contributed by atoms with van der Waals surface area (Å²) in [6.45, 7) is 0.787. The third kappa shape index (κ3) is 4.00. The molecule has 1 aliphatic heterocycles. The van der Waals surface area contributed by atoms with Gasteiger partial charge in [0.05, 0.1) is 34.0 Å². The van der Waals surface area contributed by atoms with Gasteiger partial charge in [-0.1, -0.05) is 84.9 Å². The maximum atomic E-state index is 5.27. The number of hydrogen-bond acceptors (Lipinski definition) is 4. The number of para-hydroxylation sites is 1. The molecule has 0 atom stereocenters. The van der Waals surface area contributed by atoms with Crippen molar-refractivity contribution in [2.24, 2.45) is 0 Å². The largest absolute Gasteiger partial charge is 0.387 e. The number of nitrogens with one attached hydrogen (secondary N) is 1. The molecule has 10 rings (SSSR count). The van der Waals surface area contributed by atoms with Crippen molar-refractivity contribution >= 4 is 49.3 Å². The van der Waals surface area contributed by atoms with Crippen molar-refractivity contribution in [1.29, 1.82) is 0 Å². The second-order valence-electron chi connectivity index (χ2n) is 12.1. The van der Waals surface area contributed by atoms with Gasteiger partial charge in [-0.2, -0.15) is 0 Å². The Bertz CT molecular complexity index is 2670. The highest BCUT2D eigenvalue weighted by molar-refractivity contribution is 6.25. The molecule has 1 N–H and O–H groups in total. The molecule has 5 heteroatoms. The normalized spacial score (nSPS) is 12.7. The first-order valence-corrected chi connectivity index (χ1v) is 15.9. The van der Waals surface area contributed by atoms with Crippen molar-refractivity contribution in [3.63, 3.8) is 0 Å². The molecule has 0 saturated carbocycles. The van der Waals surface area contributed by atoms with Crippen molar-refractivity contribution in [3.8, 4) is 39.7 Å². The van der Waals surface area contributed by atoms with Crippen molar-refractivity contribution < 1.29 is 0 Å². The molecule has 0 unspecified atom stereocenters. The summed E-state index contributed by atoms with van der Waals surface area (Å²) in [7, 11) is 0. The van der Waals surface area contributed by atoms with Gasteiger partial charge in [-0.15, -0.1) is 0 Å². The molecule has 0 bridgehead atoms. The van der Waals surface area contributed by atoms with Crippen LogP contribution in [0.1, 0.15) is 11.3 Å². The van der Waals surface area contributed by atoms with E-state index < -0.39 is 0 Å². The first-order chi connectivity index (χ1) is 23.3. The Morgan fingerprint density at radius 1 is 0.574 bits per heavy atom. The van der Waals surface area contributed by atoms with Crippen LogP contribution in [0.15, 0.2) is 140 Å². The van der Waals surface area contributed by atoms with Crippen LogP contribution < -0.4 is 5.32 Å². The molecular formula is C42H27N5. The molecule has 0 saturated heterocycles. The summed E-state index contributed by atoms with van der Waals surface area (Å²) in [4.78, 5) is 15.1. The van der Waals surface area contributed by atoms with Crippen LogP contribution in [-0.4, -0.2) is 19.5 Å². The van der Waals surface area contributed by atoms with E-state index in [1.54, 1.807) is 0 Å². The number of rotatable bonds is 4. The summed E-state index contributed by atoms with van der Waals surface area (Å²) < 4.78 is 2.26. The van der Waals surface area contributed by atoms with Crippen molar-refractivity contribution in [2.75, 3.05) is 0 Å². The van der Waals surface area contributed by atoms with E-state index in [2.05, 4.69) is 130 Å². The Morgan fingerprint density at radius 2 is 1.32 bits per heavy atom. The Morgan fingerprint density at radius 3 is 2.19 bits per heavy atom. The van der Waals surface area contributed by atoms with Gasteiger partial charge in [0.25, 0.3) is 0 Å². The maximum absolute atomic E-state index is 5.27. The zero-order chi connectivity index (χ0) is 30.9. The zero-order valence-corrected chi connectivity index (χ0v) is 25.4. The lowest BCUT2D eigenvalue weighted by molar-refractivity contribution is 0.852. The summed E-state index contributed by atoms with van der Waals surface area (Å²) in [6.07, 6.45) is 5.97. The van der Waals surface area contributed by atoms with Crippen molar-refractivity contribution in [2.45, 2.75) is 6.54 Å². The van der Waals surface area contributed by atoms with Crippen molar-refractivity contribution in [3.05, 3.63) is 151 Å². The monoisotopic (exact) mass is 601 g/mol. The van der Waals surface area contributed by atoms with Gasteiger partial charge in [0.2, 0.25) is 0 Å². The van der Waals surface area contributed by atoms with Crippen LogP contribution in [-0.2, 0) is 6.54 Å². The Balaban J connectivity index is 1.20. The van der Waals surface area contributed by atoms with Crippen LogP contribution >= 0.6 is 0 Å². The van der Waals surface area contributed by atoms with E-state index in [9.17, 15) is 0 Å². The molecule has 1 aliphatic rings. The lowest BCUT2D eigenvalue weighted by Crippen LogP contribution is -2.11. The number of pyridine rings is 3. The molecule has 0 aliphatic carbocycles. The van der Waals surface area contributed by atoms with Crippen LogP contribution in [0.2, 0.25) is 0 Å². The predicted molar refractivity (Wildman–Crippen MR) is 193 cm³/mol. The van der Waals surface area contributed by atoms with Crippen LogP contribution in [0.5, 0.6) is 0 Å². The molecule has 5 heterocycles. The summed E-state index contributed by atoms with van der Waals surface area (Å²) >= 11 is 0. The van der Waals surface area contributed by atoms with Gasteiger partial charge in [0, 0.05) is 23.7 Å². The van der Waals surface area contributed by atoms with E-state index in [0.717, 1.165) is 57.5 Å². The predicted octanol–water partition coefficient (Wildman–Crippen LogP) is 9.79. The van der Waals surface area contributed by atoms with E-state index in [1.807, 2.05) is 30.6 Å². The first kappa shape index (κ1) is 25.9. The summed E-state index contributed by atoms with van der Waals surface area (Å²) in [6, 6.07) is 45.0. The highest BCUT2D eigenvalue weighted by Crippen LogP contribution is 2.41. The minimum Gasteiger partial charge on any atom is -0.387 e. The molecular weight excluding hydrogens is 574 g/mol. The fourth-order valence-electron chi connectivity index (χ4n) is 7.37. The number of benzene rings is 5. The minimum absolute atomic E-state index is 0.787. The van der Waals surface area contributed by atoms with E-state index in [0.29, 0.717) is 0 Å². The van der Waals surface area contributed by atoms with Crippen LogP contribution in [0, 0.1) is 0 Å². The van der Waals surface area contributed by atoms with Gasteiger partial charge in [0.1, 0.15) is 5.82 Å². The smallest absolute Gasteiger partial charge is 0.138 e. The number of fused-ring (bicyclic) bond motifs is 3. The van der Waals surface area contributed by atoms with E-state index >= 15 is 0 Å². The van der Waals surface area contributed by atoms with E-state index in [1.165, 1.54) is 43.3 Å². The molecule has 220 valence electrons. The van der Waals surface area contributed by atoms with Gasteiger partial charge in [-0.05, 0) is 98.2 Å². The molecule has 0 fully saturated rings. The number of nitrogens with zero attached hydrogens (tertiary/aromatic N) is 4. The second kappa shape index (κ2) is 10.1. The zero-order valence-electron chi connectivity index (χ0n) is 25.4. The number of aromatic nitrogens is 4. The quantitative estimate of drug-likeness (QED) is 0.204. The summed E-state index contributed by atoms with van der Waals surface area (Å²) in [5.41, 5.74) is 9.07. The maximum Gasteiger partial charge on any atom is 0.138 e. The third-order valence-corrected chi connectivity index (χ3v) is 9.48. The van der Waals surface area contributed by atoms with Gasteiger partial charge in [-0.25, -0.2) is 9.97 Å². The van der Waals surface area contributed by atoms with Gasteiger partial charge in [0.15, 0.2) is 0 Å². The lowest BCUT2D eigenvalue weighted by Gasteiger charge is -2.16. The summed E-state index contributed by atoms with van der Waals surface area (Å²) in [5.74, 6) is 0.862. The van der Waals surface area contributed by atoms with Crippen LogP contribution in [0.3, 0.4) is 0 Å². The average Bonchev–Trinajstić information content (AvgIpc) is 3.48. The highest BCUT2D eigenvalue weighted by Gasteiger charge is 2.20. The van der Waals surface area contributed by atoms with Crippen LogP contribution in [0.25, 0.3) is 89.0 Å². The Hall–Kier alpha value is -6.33. The molecule has 47 heavy (non-hydrogen) atoms. The van der Waals surface area contributed by atoms with Gasteiger partial charge in [-0.3, -0.25) is 9.55 Å². The van der Waals surface area contributed by atoms with E-state index in [4.69, 9.17) is 9.97 Å². The molecule has 9 aromatic rings. The fraction of sp³-hybridized carbons (Fsp3) is 0.0238. The van der Waals surface area contributed by atoms with E-state index in [-0.39, 0.29) is 0 Å². The van der Waals surface area contributed by atoms with Gasteiger partial charge < -0.3 is 5.32 Å². The summed E-state index contributed by atoms with van der Waals surface area (Å²) in [5, 5.41) is 12.2.